The molecule has 3 N–H and O–H groups in total. The van der Waals surface area contributed by atoms with Gasteiger partial charge in [0, 0.05) is 12.8 Å². The molecule has 302 valence electrons. The molecule has 51 heavy (non-hydrogen) atoms. The molecule has 0 aliphatic heterocycles. The molecule has 0 aliphatic rings. The molecule has 0 spiro atoms. The van der Waals surface area contributed by atoms with Crippen molar-refractivity contribution in [2.45, 2.75) is 206 Å². The van der Waals surface area contributed by atoms with Crippen molar-refractivity contribution in [3.8, 4) is 0 Å². The molecule has 0 fully saturated rings. The zero-order valence-electron chi connectivity index (χ0n) is 32.6. The third-order valence-corrected chi connectivity index (χ3v) is 9.87. The maximum absolute atomic E-state index is 12.5. The minimum absolute atomic E-state index is 0.177. The summed E-state index contributed by atoms with van der Waals surface area (Å²) in [6.07, 6.45) is 33.3. The SMILES string of the molecule is CCCC/C=C\CCCCCCCC(=O)OC(COC(=O)CCCCCCCCCCCCCCCCCCC)COP(=O)(O)OCC(O)CO. The van der Waals surface area contributed by atoms with Crippen molar-refractivity contribution in [2.24, 2.45) is 0 Å². The quantitative estimate of drug-likeness (QED) is 0.0240. The van der Waals surface area contributed by atoms with Crippen molar-refractivity contribution in [1.29, 1.82) is 0 Å². The number of esters is 2. The Kier molecular flexibility index (Phi) is 36.1. The molecule has 0 bridgehead atoms. The molecular formula is C40H77O10P. The van der Waals surface area contributed by atoms with Crippen molar-refractivity contribution in [2.75, 3.05) is 26.4 Å². The summed E-state index contributed by atoms with van der Waals surface area (Å²) in [5.41, 5.74) is 0. The minimum atomic E-state index is -4.61. The monoisotopic (exact) mass is 749 g/mol. The molecule has 10 nitrogen and oxygen atoms in total. The van der Waals surface area contributed by atoms with Crippen molar-refractivity contribution in [3.05, 3.63) is 12.2 Å². The lowest BCUT2D eigenvalue weighted by atomic mass is 10.0. The summed E-state index contributed by atoms with van der Waals surface area (Å²) >= 11 is 0. The molecular weight excluding hydrogens is 671 g/mol. The van der Waals surface area contributed by atoms with Crippen LogP contribution in [-0.4, -0.2) is 65.7 Å². The number of phosphoric ester groups is 1. The fourth-order valence-corrected chi connectivity index (χ4v) is 6.47. The molecule has 0 saturated heterocycles. The second-order valence-electron chi connectivity index (χ2n) is 14.0. The van der Waals surface area contributed by atoms with Gasteiger partial charge in [0.1, 0.15) is 12.7 Å². The molecule has 0 amide bonds. The maximum Gasteiger partial charge on any atom is 0.472 e. The van der Waals surface area contributed by atoms with Crippen LogP contribution in [0.15, 0.2) is 12.2 Å². The van der Waals surface area contributed by atoms with Crippen LogP contribution in [0.4, 0.5) is 0 Å². The molecule has 0 aromatic rings. The van der Waals surface area contributed by atoms with Gasteiger partial charge in [0.2, 0.25) is 0 Å². The zero-order chi connectivity index (χ0) is 37.7. The second kappa shape index (κ2) is 37.0. The Morgan fingerprint density at radius 1 is 0.569 bits per heavy atom. The van der Waals surface area contributed by atoms with Crippen LogP contribution >= 0.6 is 7.82 Å². The van der Waals surface area contributed by atoms with E-state index in [9.17, 15) is 24.2 Å². The van der Waals surface area contributed by atoms with Gasteiger partial charge in [-0.05, 0) is 32.1 Å². The Labute approximate surface area is 311 Å². The number of carbonyl (C=O) groups excluding carboxylic acids is 2. The lowest BCUT2D eigenvalue weighted by Crippen LogP contribution is -2.29. The normalized spacial score (nSPS) is 14.1. The van der Waals surface area contributed by atoms with E-state index in [1.165, 1.54) is 96.3 Å². The van der Waals surface area contributed by atoms with Gasteiger partial charge in [-0.3, -0.25) is 18.6 Å². The molecule has 0 heterocycles. The van der Waals surface area contributed by atoms with E-state index >= 15 is 0 Å². The predicted molar refractivity (Wildman–Crippen MR) is 205 cm³/mol. The highest BCUT2D eigenvalue weighted by atomic mass is 31.2. The van der Waals surface area contributed by atoms with Crippen LogP contribution in [-0.2, 0) is 32.7 Å². The van der Waals surface area contributed by atoms with Crippen molar-refractivity contribution in [3.63, 3.8) is 0 Å². The highest BCUT2D eigenvalue weighted by Crippen LogP contribution is 2.43. The summed E-state index contributed by atoms with van der Waals surface area (Å²) in [4.78, 5) is 34.8. The van der Waals surface area contributed by atoms with Crippen LogP contribution in [0.5, 0.6) is 0 Å². The Morgan fingerprint density at radius 3 is 1.47 bits per heavy atom. The summed E-state index contributed by atoms with van der Waals surface area (Å²) in [5, 5.41) is 18.3. The molecule has 3 atom stereocenters. The number of aliphatic hydroxyl groups excluding tert-OH is 2. The summed E-state index contributed by atoms with van der Waals surface area (Å²) in [7, 11) is -4.61. The first-order chi connectivity index (χ1) is 24.7. The van der Waals surface area contributed by atoms with E-state index in [2.05, 4.69) is 30.5 Å². The van der Waals surface area contributed by atoms with E-state index in [0.717, 1.165) is 57.8 Å². The first kappa shape index (κ1) is 49.7. The number of hydrogen-bond acceptors (Lipinski definition) is 9. The summed E-state index contributed by atoms with van der Waals surface area (Å²) in [6, 6.07) is 0. The number of unbranched alkanes of at least 4 members (excludes halogenated alkanes) is 23. The van der Waals surface area contributed by atoms with Gasteiger partial charge in [0.05, 0.1) is 19.8 Å². The van der Waals surface area contributed by atoms with E-state index in [4.69, 9.17) is 19.1 Å². The van der Waals surface area contributed by atoms with Crippen LogP contribution in [0.1, 0.15) is 194 Å². The van der Waals surface area contributed by atoms with Gasteiger partial charge in [0.15, 0.2) is 6.10 Å². The number of hydrogen-bond donors (Lipinski definition) is 3. The second-order valence-corrected chi connectivity index (χ2v) is 15.5. The average molecular weight is 749 g/mol. The Morgan fingerprint density at radius 2 is 0.980 bits per heavy atom. The summed E-state index contributed by atoms with van der Waals surface area (Å²) < 4.78 is 32.6. The highest BCUT2D eigenvalue weighted by Gasteiger charge is 2.27. The summed E-state index contributed by atoms with van der Waals surface area (Å²) in [5.74, 6) is -0.928. The highest BCUT2D eigenvalue weighted by molar-refractivity contribution is 7.47. The van der Waals surface area contributed by atoms with Gasteiger partial charge in [-0.1, -0.05) is 161 Å². The van der Waals surface area contributed by atoms with E-state index in [0.29, 0.717) is 12.8 Å². The maximum atomic E-state index is 12.5. The zero-order valence-corrected chi connectivity index (χ0v) is 33.5. The fraction of sp³-hybridized carbons (Fsp3) is 0.900. The predicted octanol–water partition coefficient (Wildman–Crippen LogP) is 10.4. The van der Waals surface area contributed by atoms with E-state index in [1.54, 1.807) is 0 Å². The Hall–Kier alpha value is -1.29. The van der Waals surface area contributed by atoms with Gasteiger partial charge >= 0.3 is 19.8 Å². The Bertz CT molecular complexity index is 868. The number of allylic oxidation sites excluding steroid dienone is 2. The van der Waals surface area contributed by atoms with Gasteiger partial charge < -0.3 is 24.6 Å². The molecule has 0 aromatic carbocycles. The first-order valence-electron chi connectivity index (χ1n) is 20.6. The smallest absolute Gasteiger partial charge is 0.462 e. The van der Waals surface area contributed by atoms with E-state index < -0.39 is 51.8 Å². The average Bonchev–Trinajstić information content (AvgIpc) is 3.12. The molecule has 11 heteroatoms. The van der Waals surface area contributed by atoms with Crippen molar-refractivity contribution < 1.29 is 47.8 Å². The van der Waals surface area contributed by atoms with Gasteiger partial charge in [-0.25, -0.2) is 4.57 Å². The number of rotatable bonds is 39. The van der Waals surface area contributed by atoms with Crippen LogP contribution in [0.25, 0.3) is 0 Å². The van der Waals surface area contributed by atoms with Crippen LogP contribution in [0, 0.1) is 0 Å². The molecule has 0 saturated carbocycles. The number of phosphoric acid groups is 1. The summed E-state index contributed by atoms with van der Waals surface area (Å²) in [6.45, 7) is 2.34. The number of aliphatic hydroxyl groups is 2. The van der Waals surface area contributed by atoms with Gasteiger partial charge in [-0.15, -0.1) is 0 Å². The third-order valence-electron chi connectivity index (χ3n) is 8.92. The molecule has 3 unspecified atom stereocenters. The molecule has 0 aliphatic carbocycles. The van der Waals surface area contributed by atoms with Crippen molar-refractivity contribution >= 4 is 19.8 Å². The third kappa shape index (κ3) is 36.8. The lowest BCUT2D eigenvalue weighted by molar-refractivity contribution is -0.161. The number of ether oxygens (including phenoxy) is 2. The van der Waals surface area contributed by atoms with Gasteiger partial charge in [0.25, 0.3) is 0 Å². The molecule has 0 aromatic heterocycles. The fourth-order valence-electron chi connectivity index (χ4n) is 5.68. The molecule has 0 radical (unpaired) electrons. The molecule has 0 rings (SSSR count). The van der Waals surface area contributed by atoms with E-state index in [1.807, 2.05) is 0 Å². The van der Waals surface area contributed by atoms with Crippen LogP contribution < -0.4 is 0 Å². The number of carbonyl (C=O) groups is 2. The van der Waals surface area contributed by atoms with Gasteiger partial charge in [-0.2, -0.15) is 0 Å². The Balaban J connectivity index is 4.25. The standard InChI is InChI=1S/C40H77O10P/c1-3-5-7-9-11-13-15-16-17-18-19-20-22-23-25-27-29-31-39(43)47-35-38(36-49-51(45,46)48-34-37(42)33-41)50-40(44)32-30-28-26-24-21-14-12-10-8-6-4-2/h10,12,37-38,41-42H,3-9,11,13-36H2,1-2H3,(H,45,46)/b12-10-. The van der Waals surface area contributed by atoms with E-state index in [-0.39, 0.29) is 19.4 Å². The topological polar surface area (TPSA) is 149 Å². The minimum Gasteiger partial charge on any atom is -0.462 e. The van der Waals surface area contributed by atoms with Crippen molar-refractivity contribution in [1.82, 2.24) is 0 Å². The lowest BCUT2D eigenvalue weighted by Gasteiger charge is -2.20. The first-order valence-corrected chi connectivity index (χ1v) is 22.1. The van der Waals surface area contributed by atoms with Crippen LogP contribution in [0.3, 0.4) is 0 Å². The largest absolute Gasteiger partial charge is 0.472 e. The van der Waals surface area contributed by atoms with Crippen LogP contribution in [0.2, 0.25) is 0 Å².